The second-order valence-corrected chi connectivity index (χ2v) is 9.97. The molecule has 0 bridgehead atoms. The standard InChI is InChI=1S/C30H46N6O4/c1-9-35(10-2,11-3)21-29(37)31-23-15-17-25(27(19-23)39-7)33-34-26-18-16-24(20-28(26)40-8)32-30(38)22-36(12-4,13-5)14-6/h15-20H,9-14,21-22H2,1-8H3/p+2. The zero-order valence-electron chi connectivity index (χ0n) is 25.5. The van der Waals surface area contributed by atoms with Gasteiger partial charge in [-0.1, -0.05) is 0 Å². The smallest absolute Gasteiger partial charge is 0.279 e. The van der Waals surface area contributed by atoms with Crippen molar-refractivity contribution in [3.63, 3.8) is 0 Å². The Morgan fingerprint density at radius 2 is 0.950 bits per heavy atom. The highest BCUT2D eigenvalue weighted by atomic mass is 16.5. The number of benzene rings is 2. The minimum absolute atomic E-state index is 0.0392. The van der Waals surface area contributed by atoms with Crippen molar-refractivity contribution in [2.24, 2.45) is 10.2 Å². The number of rotatable bonds is 16. The van der Waals surface area contributed by atoms with Crippen LogP contribution in [-0.2, 0) is 9.59 Å². The maximum absolute atomic E-state index is 12.7. The van der Waals surface area contributed by atoms with Crippen LogP contribution in [0.3, 0.4) is 0 Å². The van der Waals surface area contributed by atoms with Crippen molar-refractivity contribution >= 4 is 34.6 Å². The summed E-state index contributed by atoms with van der Waals surface area (Å²) in [5.41, 5.74) is 2.29. The van der Waals surface area contributed by atoms with Crippen LogP contribution >= 0.6 is 0 Å². The fourth-order valence-corrected chi connectivity index (χ4v) is 4.81. The third kappa shape index (κ3) is 8.50. The molecule has 2 aromatic rings. The Balaban J connectivity index is 2.16. The number of carbonyl (C=O) groups excluding carboxylic acids is 2. The lowest BCUT2D eigenvalue weighted by atomic mass is 10.2. The molecular weight excluding hydrogens is 508 g/mol. The van der Waals surface area contributed by atoms with E-state index in [1.807, 2.05) is 0 Å². The Hall–Kier alpha value is -3.50. The van der Waals surface area contributed by atoms with Crippen LogP contribution in [-0.4, -0.2) is 87.4 Å². The number of hydrogen-bond acceptors (Lipinski definition) is 6. The molecule has 2 rings (SSSR count). The molecule has 10 heteroatoms. The van der Waals surface area contributed by atoms with Gasteiger partial charge in [0, 0.05) is 23.5 Å². The lowest BCUT2D eigenvalue weighted by Gasteiger charge is -2.34. The number of likely N-dealkylation sites (N-methyl/N-ethyl adjacent to an activating group) is 2. The first-order valence-electron chi connectivity index (χ1n) is 14.2. The lowest BCUT2D eigenvalue weighted by Crippen LogP contribution is -2.51. The first-order valence-corrected chi connectivity index (χ1v) is 14.2. The highest BCUT2D eigenvalue weighted by Crippen LogP contribution is 2.35. The molecule has 2 aromatic carbocycles. The predicted molar refractivity (Wildman–Crippen MR) is 161 cm³/mol. The van der Waals surface area contributed by atoms with Crippen LogP contribution in [0.25, 0.3) is 0 Å². The SMILES string of the molecule is CC[N+](CC)(CC)CC(=O)Nc1ccc(N=Nc2ccc(NC(=O)C[N+](CC)(CC)CC)cc2OC)c(OC)c1. The number of anilines is 2. The third-order valence-corrected chi connectivity index (χ3v) is 8.18. The van der Waals surface area contributed by atoms with Gasteiger partial charge < -0.3 is 29.1 Å². The van der Waals surface area contributed by atoms with Crippen LogP contribution in [0.4, 0.5) is 22.7 Å². The monoisotopic (exact) mass is 556 g/mol. The van der Waals surface area contributed by atoms with E-state index in [4.69, 9.17) is 9.47 Å². The van der Waals surface area contributed by atoms with Gasteiger partial charge in [0.05, 0.1) is 53.5 Å². The van der Waals surface area contributed by atoms with E-state index in [-0.39, 0.29) is 11.8 Å². The van der Waals surface area contributed by atoms with E-state index >= 15 is 0 Å². The van der Waals surface area contributed by atoms with Gasteiger partial charge in [-0.15, -0.1) is 10.2 Å². The second-order valence-electron chi connectivity index (χ2n) is 9.97. The summed E-state index contributed by atoms with van der Waals surface area (Å²) >= 11 is 0. The largest absolute Gasteiger partial charge is 0.494 e. The van der Waals surface area contributed by atoms with E-state index in [1.54, 1.807) is 50.6 Å². The van der Waals surface area contributed by atoms with Crippen LogP contribution < -0.4 is 20.1 Å². The van der Waals surface area contributed by atoms with Crippen molar-refractivity contribution in [2.75, 3.05) is 77.2 Å². The molecule has 0 aliphatic heterocycles. The third-order valence-electron chi connectivity index (χ3n) is 8.18. The molecule has 220 valence electrons. The highest BCUT2D eigenvalue weighted by molar-refractivity contribution is 5.92. The lowest BCUT2D eigenvalue weighted by molar-refractivity contribution is -0.915. The first-order chi connectivity index (χ1) is 19.2. The van der Waals surface area contributed by atoms with Gasteiger partial charge in [0.1, 0.15) is 22.9 Å². The van der Waals surface area contributed by atoms with Gasteiger partial charge >= 0.3 is 0 Å². The van der Waals surface area contributed by atoms with E-state index in [2.05, 4.69) is 62.4 Å². The molecule has 0 aliphatic rings. The molecule has 0 heterocycles. The maximum atomic E-state index is 12.7. The summed E-state index contributed by atoms with van der Waals surface area (Å²) in [4.78, 5) is 25.5. The molecule has 0 unspecified atom stereocenters. The van der Waals surface area contributed by atoms with Crippen molar-refractivity contribution in [1.29, 1.82) is 0 Å². The molecule has 2 N–H and O–H groups in total. The number of ether oxygens (including phenoxy) is 2. The number of hydrogen-bond donors (Lipinski definition) is 2. The van der Waals surface area contributed by atoms with Crippen LogP contribution in [0, 0.1) is 0 Å². The van der Waals surface area contributed by atoms with Crippen LogP contribution in [0.15, 0.2) is 46.6 Å². The van der Waals surface area contributed by atoms with E-state index in [0.717, 1.165) is 48.2 Å². The van der Waals surface area contributed by atoms with Gasteiger partial charge in [-0.3, -0.25) is 9.59 Å². The highest BCUT2D eigenvalue weighted by Gasteiger charge is 2.26. The van der Waals surface area contributed by atoms with Gasteiger partial charge in [0.2, 0.25) is 0 Å². The van der Waals surface area contributed by atoms with Gasteiger partial charge in [0.25, 0.3) is 11.8 Å². The Bertz CT molecular complexity index is 1050. The molecule has 0 saturated heterocycles. The number of nitrogens with zero attached hydrogens (tertiary/aromatic N) is 4. The molecule has 0 saturated carbocycles. The fraction of sp³-hybridized carbons (Fsp3) is 0.533. The number of quaternary nitrogens is 2. The normalized spacial score (nSPS) is 11.9. The van der Waals surface area contributed by atoms with Crippen LogP contribution in [0.1, 0.15) is 41.5 Å². The number of carbonyl (C=O) groups is 2. The zero-order valence-corrected chi connectivity index (χ0v) is 25.5. The minimum atomic E-state index is -0.0392. The van der Waals surface area contributed by atoms with Crippen molar-refractivity contribution in [1.82, 2.24) is 0 Å². The van der Waals surface area contributed by atoms with Crippen molar-refractivity contribution < 1.29 is 28.0 Å². The van der Waals surface area contributed by atoms with E-state index in [9.17, 15) is 9.59 Å². The topological polar surface area (TPSA) is 101 Å². The Kier molecular flexibility index (Phi) is 12.5. The maximum Gasteiger partial charge on any atom is 0.279 e. The van der Waals surface area contributed by atoms with Gasteiger partial charge in [-0.25, -0.2) is 0 Å². The van der Waals surface area contributed by atoms with Crippen molar-refractivity contribution in [2.45, 2.75) is 41.5 Å². The van der Waals surface area contributed by atoms with Crippen LogP contribution in [0.5, 0.6) is 11.5 Å². The van der Waals surface area contributed by atoms with E-state index in [1.165, 1.54) is 0 Å². The molecule has 0 radical (unpaired) electrons. The first kappa shape index (κ1) is 32.7. The van der Waals surface area contributed by atoms with E-state index < -0.39 is 0 Å². The van der Waals surface area contributed by atoms with Crippen molar-refractivity contribution in [3.05, 3.63) is 36.4 Å². The summed E-state index contributed by atoms with van der Waals surface area (Å²) in [6.45, 7) is 18.9. The molecular formula is C30H48N6O4+2. The summed E-state index contributed by atoms with van der Waals surface area (Å²) < 4.78 is 12.5. The molecule has 0 fully saturated rings. The summed E-state index contributed by atoms with van der Waals surface area (Å²) in [7, 11) is 3.10. The molecule has 0 spiro atoms. The fourth-order valence-electron chi connectivity index (χ4n) is 4.81. The number of amides is 2. The minimum Gasteiger partial charge on any atom is -0.494 e. The van der Waals surface area contributed by atoms with Crippen LogP contribution in [0.2, 0.25) is 0 Å². The molecule has 0 aromatic heterocycles. The average molecular weight is 557 g/mol. The van der Waals surface area contributed by atoms with Gasteiger partial charge in [-0.05, 0) is 65.8 Å². The Labute approximate surface area is 239 Å². The number of nitrogens with one attached hydrogen (secondary N) is 2. The Morgan fingerprint density at radius 1 is 0.625 bits per heavy atom. The molecule has 0 atom stereocenters. The van der Waals surface area contributed by atoms with E-state index in [0.29, 0.717) is 47.3 Å². The molecule has 40 heavy (non-hydrogen) atoms. The summed E-state index contributed by atoms with van der Waals surface area (Å²) in [5, 5.41) is 14.7. The predicted octanol–water partition coefficient (Wildman–Crippen LogP) is 5.75. The summed E-state index contributed by atoms with van der Waals surface area (Å²) in [6, 6.07) is 10.5. The number of methoxy groups -OCH3 is 2. The quantitative estimate of drug-likeness (QED) is 0.203. The molecule has 2 amide bonds. The van der Waals surface area contributed by atoms with Gasteiger partial charge in [-0.2, -0.15) is 0 Å². The molecule has 10 nitrogen and oxygen atoms in total. The van der Waals surface area contributed by atoms with Crippen molar-refractivity contribution in [3.8, 4) is 11.5 Å². The summed E-state index contributed by atoms with van der Waals surface area (Å²) in [5.74, 6) is 0.886. The average Bonchev–Trinajstić information content (AvgIpc) is 2.98. The molecule has 0 aliphatic carbocycles. The Morgan fingerprint density at radius 3 is 1.23 bits per heavy atom. The zero-order chi connectivity index (χ0) is 29.8. The number of azo groups is 1. The second kappa shape index (κ2) is 15.3. The van der Waals surface area contributed by atoms with Gasteiger partial charge in [0.15, 0.2) is 13.1 Å². The summed E-state index contributed by atoms with van der Waals surface area (Å²) in [6.07, 6.45) is 0.